The number of amides is 1. The zero-order chi connectivity index (χ0) is 34.6. The van der Waals surface area contributed by atoms with Gasteiger partial charge in [0.1, 0.15) is 41.2 Å². The fraction of sp³-hybridized carbons (Fsp3) is 0.333. The van der Waals surface area contributed by atoms with Crippen molar-refractivity contribution in [3.8, 4) is 39.5 Å². The summed E-state index contributed by atoms with van der Waals surface area (Å²) in [4.78, 5) is 26.5. The van der Waals surface area contributed by atoms with Crippen molar-refractivity contribution in [3.05, 3.63) is 82.9 Å². The van der Waals surface area contributed by atoms with Crippen LogP contribution < -0.4 is 4.74 Å². The molecule has 6 heterocycles. The molecular weight excluding hydrogens is 653 g/mol. The SMILES string of the molecule is C=CC(=O)N1CCn2nc(-c3nc(-c4cnc5c(c4)[C@H](C)N(C)CC5)c4scc(F)c4c3-c3c(F)cc(F)cc3OCCOC)cc2[C@H]1C. The van der Waals surface area contributed by atoms with Gasteiger partial charge in [0.2, 0.25) is 5.91 Å². The van der Waals surface area contributed by atoms with Crippen molar-refractivity contribution in [2.75, 3.05) is 40.5 Å². The largest absolute Gasteiger partial charge is 0.490 e. The van der Waals surface area contributed by atoms with Gasteiger partial charge in [-0.2, -0.15) is 5.10 Å². The molecule has 49 heavy (non-hydrogen) atoms. The molecule has 0 radical (unpaired) electrons. The minimum atomic E-state index is -0.942. The van der Waals surface area contributed by atoms with E-state index < -0.39 is 17.5 Å². The zero-order valence-corrected chi connectivity index (χ0v) is 28.4. The quantitative estimate of drug-likeness (QED) is 0.129. The highest BCUT2D eigenvalue weighted by molar-refractivity contribution is 7.17. The molecule has 2 atom stereocenters. The molecular formula is C36H35F3N6O3S. The highest BCUT2D eigenvalue weighted by Crippen LogP contribution is 2.48. The minimum Gasteiger partial charge on any atom is -0.490 e. The molecule has 0 bridgehead atoms. The number of hydrogen-bond donors (Lipinski definition) is 0. The molecule has 2 aliphatic rings. The molecule has 0 saturated carbocycles. The number of fused-ring (bicyclic) bond motifs is 3. The summed E-state index contributed by atoms with van der Waals surface area (Å²) in [6.45, 7) is 9.48. The van der Waals surface area contributed by atoms with Gasteiger partial charge in [-0.1, -0.05) is 6.58 Å². The lowest BCUT2D eigenvalue weighted by Crippen LogP contribution is -2.40. The summed E-state index contributed by atoms with van der Waals surface area (Å²) in [6.07, 6.45) is 3.82. The lowest BCUT2D eigenvalue weighted by molar-refractivity contribution is -0.129. The summed E-state index contributed by atoms with van der Waals surface area (Å²) in [7, 11) is 3.55. The van der Waals surface area contributed by atoms with Gasteiger partial charge in [0, 0.05) is 78.6 Å². The van der Waals surface area contributed by atoms with Crippen molar-refractivity contribution in [2.45, 2.75) is 38.9 Å². The number of aromatic nitrogens is 4. The third-order valence-corrected chi connectivity index (χ3v) is 10.5. The van der Waals surface area contributed by atoms with Gasteiger partial charge in [0.05, 0.1) is 40.8 Å². The van der Waals surface area contributed by atoms with E-state index in [9.17, 15) is 9.18 Å². The maximum absolute atomic E-state index is 16.2. The summed E-state index contributed by atoms with van der Waals surface area (Å²) in [6, 6.07) is 5.40. The summed E-state index contributed by atoms with van der Waals surface area (Å²) in [5.74, 6) is -2.72. The highest BCUT2D eigenvalue weighted by atomic mass is 32.1. The molecule has 0 fully saturated rings. The first-order chi connectivity index (χ1) is 23.6. The Kier molecular flexibility index (Phi) is 8.76. The van der Waals surface area contributed by atoms with Crippen molar-refractivity contribution in [1.29, 1.82) is 0 Å². The Labute approximate surface area is 285 Å². The predicted octanol–water partition coefficient (Wildman–Crippen LogP) is 6.97. The monoisotopic (exact) mass is 688 g/mol. The van der Waals surface area contributed by atoms with Gasteiger partial charge in [-0.3, -0.25) is 19.4 Å². The van der Waals surface area contributed by atoms with E-state index in [0.717, 1.165) is 53.4 Å². The van der Waals surface area contributed by atoms with Gasteiger partial charge in [0.25, 0.3) is 0 Å². The van der Waals surface area contributed by atoms with Gasteiger partial charge in [-0.05, 0) is 44.7 Å². The molecule has 0 spiro atoms. The first kappa shape index (κ1) is 32.9. The molecule has 254 valence electrons. The van der Waals surface area contributed by atoms with E-state index >= 15 is 8.78 Å². The van der Waals surface area contributed by atoms with Crippen LogP contribution in [0.2, 0.25) is 0 Å². The average Bonchev–Trinajstić information content (AvgIpc) is 3.70. The van der Waals surface area contributed by atoms with Crippen LogP contribution in [0.5, 0.6) is 5.75 Å². The van der Waals surface area contributed by atoms with Crippen LogP contribution in [-0.2, 0) is 22.5 Å². The Morgan fingerprint density at radius 1 is 1.04 bits per heavy atom. The lowest BCUT2D eigenvalue weighted by Gasteiger charge is -2.33. The smallest absolute Gasteiger partial charge is 0.246 e. The molecule has 2 aliphatic heterocycles. The van der Waals surface area contributed by atoms with Crippen molar-refractivity contribution >= 4 is 27.3 Å². The topological polar surface area (TPSA) is 85.6 Å². The van der Waals surface area contributed by atoms with E-state index in [0.29, 0.717) is 34.7 Å². The molecule has 9 nitrogen and oxygen atoms in total. The van der Waals surface area contributed by atoms with Crippen LogP contribution in [0.15, 0.2) is 48.5 Å². The van der Waals surface area contributed by atoms with Crippen molar-refractivity contribution < 1.29 is 27.4 Å². The summed E-state index contributed by atoms with van der Waals surface area (Å²) < 4.78 is 60.3. The number of carbonyl (C=O) groups is 1. The number of benzene rings is 1. The predicted molar refractivity (Wildman–Crippen MR) is 182 cm³/mol. The van der Waals surface area contributed by atoms with E-state index in [2.05, 4.69) is 25.5 Å². The van der Waals surface area contributed by atoms with E-state index in [1.54, 1.807) is 21.8 Å². The lowest BCUT2D eigenvalue weighted by atomic mass is 9.93. The van der Waals surface area contributed by atoms with E-state index in [1.165, 1.54) is 18.6 Å². The number of methoxy groups -OCH3 is 1. The number of ether oxygens (including phenoxy) is 2. The third kappa shape index (κ3) is 5.69. The van der Waals surface area contributed by atoms with Crippen LogP contribution in [0.1, 0.15) is 42.9 Å². The Balaban J connectivity index is 1.52. The molecule has 5 aromatic rings. The van der Waals surface area contributed by atoms with Crippen LogP contribution in [0, 0.1) is 17.5 Å². The van der Waals surface area contributed by atoms with Crippen LogP contribution in [0.3, 0.4) is 0 Å². The van der Waals surface area contributed by atoms with Gasteiger partial charge in [-0.25, -0.2) is 18.2 Å². The third-order valence-electron chi connectivity index (χ3n) is 9.53. The molecule has 0 unspecified atom stereocenters. The summed E-state index contributed by atoms with van der Waals surface area (Å²) in [5.41, 5.74) is 4.38. The molecule has 7 rings (SSSR count). The number of likely N-dealkylation sites (N-methyl/N-ethyl adjacent to an activating group) is 1. The van der Waals surface area contributed by atoms with Crippen LogP contribution in [0.25, 0.3) is 43.9 Å². The van der Waals surface area contributed by atoms with Crippen molar-refractivity contribution in [1.82, 2.24) is 29.5 Å². The maximum Gasteiger partial charge on any atom is 0.246 e. The van der Waals surface area contributed by atoms with Crippen molar-refractivity contribution in [3.63, 3.8) is 0 Å². The normalized spacial score (nSPS) is 17.7. The second-order valence-electron chi connectivity index (χ2n) is 12.3. The van der Waals surface area contributed by atoms with Crippen LogP contribution in [-0.4, -0.2) is 75.9 Å². The molecule has 13 heteroatoms. The van der Waals surface area contributed by atoms with E-state index in [1.807, 2.05) is 13.0 Å². The number of rotatable bonds is 8. The van der Waals surface area contributed by atoms with E-state index in [-0.39, 0.29) is 59.2 Å². The second kappa shape index (κ2) is 13.0. The number of pyridine rings is 2. The standard InChI is InChI=1S/C36H35F3N6O3S/c1-6-30(46)44-9-10-45-28(20(44)3)16-27(42-45)35-33(31-24(38)14-22(37)15-29(31)48-12-11-47-5)32-25(39)18-49-36(32)34(41-35)21-13-23-19(2)43(4)8-7-26(23)40-17-21/h6,13-20H,1,7-12H2,2-5H3/t19-,20+/m0/s1. The minimum absolute atomic E-state index is 0.000612. The fourth-order valence-electron chi connectivity index (χ4n) is 6.81. The Bertz CT molecular complexity index is 2110. The number of hydrogen-bond acceptors (Lipinski definition) is 8. The van der Waals surface area contributed by atoms with Crippen LogP contribution >= 0.6 is 11.3 Å². The first-order valence-corrected chi connectivity index (χ1v) is 16.9. The molecule has 1 aromatic carbocycles. The van der Waals surface area contributed by atoms with E-state index in [4.69, 9.17) is 24.5 Å². The fourth-order valence-corrected chi connectivity index (χ4v) is 7.74. The summed E-state index contributed by atoms with van der Waals surface area (Å²) in [5, 5.41) is 6.34. The Hall–Kier alpha value is -4.59. The number of nitrogens with zero attached hydrogens (tertiary/aromatic N) is 6. The van der Waals surface area contributed by atoms with Crippen molar-refractivity contribution in [2.24, 2.45) is 0 Å². The van der Waals surface area contributed by atoms with Crippen LogP contribution in [0.4, 0.5) is 13.2 Å². The van der Waals surface area contributed by atoms with Gasteiger partial charge in [0.15, 0.2) is 0 Å². The molecule has 0 saturated heterocycles. The Morgan fingerprint density at radius 3 is 2.63 bits per heavy atom. The molecule has 0 N–H and O–H groups in total. The number of thiophene rings is 1. The molecule has 0 aliphatic carbocycles. The van der Waals surface area contributed by atoms with Gasteiger partial charge < -0.3 is 14.4 Å². The van der Waals surface area contributed by atoms with Gasteiger partial charge in [-0.15, -0.1) is 11.3 Å². The zero-order valence-electron chi connectivity index (χ0n) is 27.6. The Morgan fingerprint density at radius 2 is 1.86 bits per heavy atom. The average molecular weight is 689 g/mol. The summed E-state index contributed by atoms with van der Waals surface area (Å²) >= 11 is 1.14. The second-order valence-corrected chi connectivity index (χ2v) is 13.2. The molecule has 4 aromatic heterocycles. The first-order valence-electron chi connectivity index (χ1n) is 16.0. The number of halogens is 3. The number of carbonyl (C=O) groups excluding carboxylic acids is 1. The molecule has 1 amide bonds. The maximum atomic E-state index is 16.2. The van der Waals surface area contributed by atoms with Gasteiger partial charge >= 0.3 is 0 Å². The highest BCUT2D eigenvalue weighted by Gasteiger charge is 2.33.